The van der Waals surface area contributed by atoms with Crippen molar-refractivity contribution in [3.63, 3.8) is 0 Å². The number of ether oxygens (including phenoxy) is 2. The Kier molecular flexibility index (Phi) is 4.16. The number of carbonyl (C=O) groups is 1. The maximum atomic E-state index is 12.6. The average molecular weight is 362 g/mol. The Hall–Kier alpha value is -3.54. The molecule has 1 aliphatic heterocycles. The molecule has 0 fully saturated rings. The number of benzene rings is 2. The van der Waals surface area contributed by atoms with Crippen LogP contribution in [0.3, 0.4) is 0 Å². The summed E-state index contributed by atoms with van der Waals surface area (Å²) in [5, 5.41) is 10.7. The fourth-order valence-corrected chi connectivity index (χ4v) is 3.34. The molecule has 6 nitrogen and oxygen atoms in total. The molecule has 0 saturated carbocycles. The van der Waals surface area contributed by atoms with Crippen LogP contribution in [0.25, 0.3) is 10.9 Å². The van der Waals surface area contributed by atoms with Crippen molar-refractivity contribution in [1.29, 1.82) is 0 Å². The van der Waals surface area contributed by atoms with Crippen LogP contribution in [0.15, 0.2) is 66.2 Å². The Balaban J connectivity index is 1.93. The number of fused-ring (bicyclic) bond motifs is 2. The number of pyridine rings is 1. The van der Waals surface area contributed by atoms with Gasteiger partial charge in [-0.15, -0.1) is 0 Å². The van der Waals surface area contributed by atoms with E-state index >= 15 is 0 Å². The molecule has 1 unspecified atom stereocenters. The number of esters is 1. The van der Waals surface area contributed by atoms with E-state index in [2.05, 4.69) is 4.98 Å². The summed E-state index contributed by atoms with van der Waals surface area (Å²) >= 11 is 0. The lowest BCUT2D eigenvalue weighted by molar-refractivity contribution is -0.139. The van der Waals surface area contributed by atoms with Gasteiger partial charge in [0, 0.05) is 23.2 Å². The highest BCUT2D eigenvalue weighted by Crippen LogP contribution is 2.44. The lowest BCUT2D eigenvalue weighted by atomic mass is 9.83. The molecular formula is C21H18N2O4. The van der Waals surface area contributed by atoms with Gasteiger partial charge in [-0.1, -0.05) is 24.3 Å². The molecule has 4 rings (SSSR count). The highest BCUT2D eigenvalue weighted by Gasteiger charge is 2.36. The topological polar surface area (TPSA) is 94.7 Å². The fraction of sp³-hybridized carbons (Fsp3) is 0.143. The van der Waals surface area contributed by atoms with Gasteiger partial charge in [0.25, 0.3) is 0 Å². The van der Waals surface area contributed by atoms with Crippen molar-refractivity contribution in [3.8, 4) is 11.5 Å². The van der Waals surface area contributed by atoms with Crippen LogP contribution in [0.2, 0.25) is 0 Å². The molecule has 0 radical (unpaired) electrons. The first-order valence-corrected chi connectivity index (χ1v) is 8.60. The SMILES string of the molecule is CCOC(=O)C1=C(N)Oc2cc(O)ccc2C1c1cnc2ccccc2c1. The quantitative estimate of drug-likeness (QED) is 0.695. The molecule has 0 saturated heterocycles. The van der Waals surface area contributed by atoms with Gasteiger partial charge < -0.3 is 20.3 Å². The third kappa shape index (κ3) is 2.95. The predicted octanol–water partition coefficient (Wildman–Crippen LogP) is 3.20. The van der Waals surface area contributed by atoms with Crippen LogP contribution in [-0.2, 0) is 9.53 Å². The molecule has 3 N–H and O–H groups in total. The molecule has 1 atom stereocenters. The molecule has 27 heavy (non-hydrogen) atoms. The van der Waals surface area contributed by atoms with E-state index in [9.17, 15) is 9.90 Å². The zero-order valence-corrected chi connectivity index (χ0v) is 14.7. The van der Waals surface area contributed by atoms with Crippen molar-refractivity contribution in [3.05, 3.63) is 77.3 Å². The summed E-state index contributed by atoms with van der Waals surface area (Å²) in [6, 6.07) is 14.5. The maximum Gasteiger partial charge on any atom is 0.340 e. The molecule has 0 aliphatic carbocycles. The van der Waals surface area contributed by atoms with Gasteiger partial charge in [-0.05, 0) is 30.7 Å². The summed E-state index contributed by atoms with van der Waals surface area (Å²) in [6.07, 6.45) is 1.72. The monoisotopic (exact) mass is 362 g/mol. The number of aromatic nitrogens is 1. The van der Waals surface area contributed by atoms with Gasteiger partial charge in [0.2, 0.25) is 5.88 Å². The van der Waals surface area contributed by atoms with E-state index in [1.807, 2.05) is 30.3 Å². The van der Waals surface area contributed by atoms with Crippen LogP contribution in [0.1, 0.15) is 24.0 Å². The van der Waals surface area contributed by atoms with Crippen LogP contribution >= 0.6 is 0 Å². The third-order valence-corrected chi connectivity index (χ3v) is 4.52. The van der Waals surface area contributed by atoms with E-state index in [0.717, 1.165) is 16.5 Å². The lowest BCUT2D eigenvalue weighted by Crippen LogP contribution is -2.27. The van der Waals surface area contributed by atoms with E-state index in [-0.39, 0.29) is 23.8 Å². The molecule has 136 valence electrons. The lowest BCUT2D eigenvalue weighted by Gasteiger charge is -2.28. The minimum absolute atomic E-state index is 0.0373. The number of phenols is 1. The minimum Gasteiger partial charge on any atom is -0.508 e. The van der Waals surface area contributed by atoms with Gasteiger partial charge in [-0.2, -0.15) is 0 Å². The highest BCUT2D eigenvalue weighted by atomic mass is 16.5. The van der Waals surface area contributed by atoms with Crippen LogP contribution in [0.5, 0.6) is 11.5 Å². The average Bonchev–Trinajstić information content (AvgIpc) is 2.66. The number of aromatic hydroxyl groups is 1. The number of phenolic OH excluding ortho intramolecular Hbond substituents is 1. The largest absolute Gasteiger partial charge is 0.508 e. The number of hydrogen-bond acceptors (Lipinski definition) is 6. The normalized spacial score (nSPS) is 16.0. The summed E-state index contributed by atoms with van der Waals surface area (Å²) in [5.41, 5.74) is 8.65. The molecule has 1 aromatic heterocycles. The van der Waals surface area contributed by atoms with Gasteiger partial charge in [-0.25, -0.2) is 4.79 Å². The third-order valence-electron chi connectivity index (χ3n) is 4.52. The maximum absolute atomic E-state index is 12.6. The van der Waals surface area contributed by atoms with Crippen LogP contribution < -0.4 is 10.5 Å². The van der Waals surface area contributed by atoms with E-state index in [4.69, 9.17) is 15.2 Å². The van der Waals surface area contributed by atoms with Gasteiger partial charge in [0.15, 0.2) is 0 Å². The predicted molar refractivity (Wildman–Crippen MR) is 100 cm³/mol. The second kappa shape index (κ2) is 6.64. The van der Waals surface area contributed by atoms with Gasteiger partial charge in [0.05, 0.1) is 18.0 Å². The zero-order chi connectivity index (χ0) is 19.0. The van der Waals surface area contributed by atoms with Crippen molar-refractivity contribution in [2.45, 2.75) is 12.8 Å². The standard InChI is InChI=1S/C21H18N2O4/c1-2-26-21(25)19-18(13-9-12-5-3-4-6-16(12)23-11-13)15-8-7-14(24)10-17(15)27-20(19)22/h3-11,18,24H,2,22H2,1H3. The van der Waals surface area contributed by atoms with Gasteiger partial charge >= 0.3 is 5.97 Å². The van der Waals surface area contributed by atoms with E-state index in [0.29, 0.717) is 11.3 Å². The Bertz CT molecular complexity index is 1070. The molecule has 3 aromatic rings. The van der Waals surface area contributed by atoms with Crippen LogP contribution in [-0.4, -0.2) is 22.7 Å². The summed E-state index contributed by atoms with van der Waals surface area (Å²) in [4.78, 5) is 17.1. The summed E-state index contributed by atoms with van der Waals surface area (Å²) in [6.45, 7) is 1.96. The Morgan fingerprint density at radius 1 is 1.26 bits per heavy atom. The number of para-hydroxylation sites is 1. The van der Waals surface area contributed by atoms with Gasteiger partial charge in [-0.3, -0.25) is 4.98 Å². The molecular weight excluding hydrogens is 344 g/mol. The minimum atomic E-state index is -0.535. The number of hydrogen-bond donors (Lipinski definition) is 2. The highest BCUT2D eigenvalue weighted by molar-refractivity contribution is 5.93. The van der Waals surface area contributed by atoms with E-state index in [1.54, 1.807) is 25.3 Å². The second-order valence-corrected chi connectivity index (χ2v) is 6.22. The molecule has 1 aliphatic rings. The van der Waals surface area contributed by atoms with Crippen molar-refractivity contribution in [2.75, 3.05) is 6.61 Å². The van der Waals surface area contributed by atoms with Crippen LogP contribution in [0, 0.1) is 0 Å². The number of nitrogens with two attached hydrogens (primary N) is 1. The van der Waals surface area contributed by atoms with E-state index in [1.165, 1.54) is 6.07 Å². The fourth-order valence-electron chi connectivity index (χ4n) is 3.34. The van der Waals surface area contributed by atoms with E-state index < -0.39 is 11.9 Å². The number of rotatable bonds is 3. The first-order chi connectivity index (χ1) is 13.1. The number of nitrogens with zero attached hydrogens (tertiary/aromatic N) is 1. The molecule has 2 aromatic carbocycles. The molecule has 6 heteroatoms. The van der Waals surface area contributed by atoms with Crippen LogP contribution in [0.4, 0.5) is 0 Å². The first-order valence-electron chi connectivity index (χ1n) is 8.60. The smallest absolute Gasteiger partial charge is 0.340 e. The molecule has 0 amide bonds. The summed E-state index contributed by atoms with van der Waals surface area (Å²) < 4.78 is 10.8. The van der Waals surface area contributed by atoms with Crippen molar-refractivity contribution in [1.82, 2.24) is 4.98 Å². The van der Waals surface area contributed by atoms with Gasteiger partial charge in [0.1, 0.15) is 17.1 Å². The Morgan fingerprint density at radius 2 is 2.07 bits per heavy atom. The summed E-state index contributed by atoms with van der Waals surface area (Å²) in [7, 11) is 0. The summed E-state index contributed by atoms with van der Waals surface area (Å²) in [5.74, 6) is -0.627. The second-order valence-electron chi connectivity index (χ2n) is 6.22. The van der Waals surface area contributed by atoms with Crippen molar-refractivity contribution < 1.29 is 19.4 Å². The molecule has 0 bridgehead atoms. The molecule has 0 spiro atoms. The van der Waals surface area contributed by atoms with Crippen molar-refractivity contribution >= 4 is 16.9 Å². The molecule has 2 heterocycles. The van der Waals surface area contributed by atoms with Crippen molar-refractivity contribution in [2.24, 2.45) is 5.73 Å². The Morgan fingerprint density at radius 3 is 2.89 bits per heavy atom. The Labute approximate surface area is 155 Å². The first kappa shape index (κ1) is 16.9. The zero-order valence-electron chi connectivity index (χ0n) is 14.7. The number of carbonyl (C=O) groups excluding carboxylic acids is 1.